The van der Waals surface area contributed by atoms with Crippen LogP contribution in [0.1, 0.15) is 101 Å². The predicted octanol–water partition coefficient (Wildman–Crippen LogP) is 5.57. The molecule has 1 aromatic carbocycles. The lowest BCUT2D eigenvalue weighted by molar-refractivity contribution is -0.199. The first-order chi connectivity index (χ1) is 19.3. The normalized spacial score (nSPS) is 27.1. The van der Waals surface area contributed by atoms with Crippen LogP contribution in [0.15, 0.2) is 24.4 Å². The minimum atomic E-state index is -0.645. The van der Waals surface area contributed by atoms with Crippen LogP contribution in [0, 0.1) is 17.3 Å². The van der Waals surface area contributed by atoms with Crippen LogP contribution in [0.4, 0.5) is 0 Å². The van der Waals surface area contributed by atoms with Crippen molar-refractivity contribution in [1.29, 1.82) is 0 Å². The van der Waals surface area contributed by atoms with Crippen LogP contribution >= 0.6 is 0 Å². The molecule has 0 unspecified atom stereocenters. The average Bonchev–Trinajstić information content (AvgIpc) is 3.51. The highest BCUT2D eigenvalue weighted by Crippen LogP contribution is 2.66. The van der Waals surface area contributed by atoms with Crippen LogP contribution in [-0.4, -0.2) is 58.3 Å². The van der Waals surface area contributed by atoms with Crippen molar-refractivity contribution >= 4 is 18.9 Å². The number of aryl methyl sites for hydroxylation is 1. The van der Waals surface area contributed by atoms with Gasteiger partial charge in [-0.2, -0.15) is 0 Å². The van der Waals surface area contributed by atoms with E-state index in [-0.39, 0.29) is 29.5 Å². The largest absolute Gasteiger partial charge is 0.496 e. The average molecular weight is 566 g/mol. The molecule has 0 spiro atoms. The van der Waals surface area contributed by atoms with Crippen molar-refractivity contribution in [2.75, 3.05) is 7.11 Å². The molecule has 0 radical (unpaired) electrons. The van der Waals surface area contributed by atoms with Gasteiger partial charge in [0.15, 0.2) is 5.78 Å². The lowest BCUT2D eigenvalue weighted by Gasteiger charge is -2.64. The summed E-state index contributed by atoms with van der Waals surface area (Å²) in [5.74, 6) is 0.565. The first-order valence-corrected chi connectivity index (χ1v) is 14.9. The molecule has 9 nitrogen and oxygen atoms in total. The van der Waals surface area contributed by atoms with E-state index in [9.17, 15) is 9.59 Å². The molecule has 1 aromatic heterocycles. The Morgan fingerprint density at radius 2 is 1.98 bits per heavy atom. The molecule has 3 saturated carbocycles. The number of para-hydroxylation sites is 1. The zero-order valence-corrected chi connectivity index (χ0v) is 25.7. The Morgan fingerprint density at radius 1 is 1.22 bits per heavy atom. The van der Waals surface area contributed by atoms with Crippen molar-refractivity contribution in [3.63, 3.8) is 0 Å². The number of methoxy groups -OCH3 is 1. The topological polar surface area (TPSA) is 102 Å². The quantitative estimate of drug-likeness (QED) is 0.210. The first-order valence-electron chi connectivity index (χ1n) is 14.9. The summed E-state index contributed by atoms with van der Waals surface area (Å²) in [6.07, 6.45) is 5.28. The molecule has 0 N–H and O–H groups in total. The van der Waals surface area contributed by atoms with Gasteiger partial charge in [-0.15, -0.1) is 5.10 Å². The highest BCUT2D eigenvalue weighted by molar-refractivity contribution is 6.48. The summed E-state index contributed by atoms with van der Waals surface area (Å²) in [5, 5.41) is 8.26. The van der Waals surface area contributed by atoms with Crippen LogP contribution in [0.3, 0.4) is 0 Å². The Morgan fingerprint density at radius 3 is 2.63 bits per heavy atom. The fourth-order valence-electron chi connectivity index (χ4n) is 7.24. The smallest absolute Gasteiger partial charge is 0.461 e. The van der Waals surface area contributed by atoms with Crippen LogP contribution in [0.5, 0.6) is 5.75 Å². The summed E-state index contributed by atoms with van der Waals surface area (Å²) in [7, 11) is 0.969. The predicted molar refractivity (Wildman–Crippen MR) is 155 cm³/mol. The fraction of sp³-hybridized carbons (Fsp3) is 0.677. The Labute approximate surface area is 243 Å². The van der Waals surface area contributed by atoms with Gasteiger partial charge < -0.3 is 18.8 Å². The second-order valence-corrected chi connectivity index (χ2v) is 13.8. The van der Waals surface area contributed by atoms with Crippen LogP contribution in [0.2, 0.25) is 5.82 Å². The highest BCUT2D eigenvalue weighted by atomic mass is 16.7. The molecule has 2 aromatic rings. The van der Waals surface area contributed by atoms with Gasteiger partial charge in [-0.05, 0) is 82.3 Å². The molecule has 0 amide bonds. The van der Waals surface area contributed by atoms with Gasteiger partial charge in [-0.3, -0.25) is 9.48 Å². The van der Waals surface area contributed by atoms with Gasteiger partial charge in [-0.1, -0.05) is 38.1 Å². The van der Waals surface area contributed by atoms with E-state index in [0.29, 0.717) is 41.8 Å². The van der Waals surface area contributed by atoms with Crippen molar-refractivity contribution in [3.05, 3.63) is 41.2 Å². The second-order valence-electron chi connectivity index (χ2n) is 13.8. The van der Waals surface area contributed by atoms with Gasteiger partial charge in [-0.25, -0.2) is 4.79 Å². The van der Waals surface area contributed by atoms with E-state index >= 15 is 0 Å². The molecule has 1 saturated heterocycles. The molecular weight excluding hydrogens is 521 g/mol. The Bertz CT molecular complexity index is 1300. The van der Waals surface area contributed by atoms with Gasteiger partial charge in [0.25, 0.3) is 0 Å². The number of aromatic nitrogens is 3. The maximum Gasteiger partial charge on any atom is 0.461 e. The van der Waals surface area contributed by atoms with Crippen molar-refractivity contribution < 1.29 is 28.4 Å². The zero-order chi connectivity index (χ0) is 29.7. The number of rotatable bonds is 10. The van der Waals surface area contributed by atoms with E-state index in [4.69, 9.17) is 18.8 Å². The third-order valence-electron chi connectivity index (χ3n) is 9.48. The monoisotopic (exact) mass is 565 g/mol. The van der Waals surface area contributed by atoms with Gasteiger partial charge in [0.1, 0.15) is 22.6 Å². The van der Waals surface area contributed by atoms with Crippen molar-refractivity contribution in [2.24, 2.45) is 17.3 Å². The fourth-order valence-corrected chi connectivity index (χ4v) is 7.24. The molecular formula is C31H44BN3O6. The molecule has 41 heavy (non-hydrogen) atoms. The summed E-state index contributed by atoms with van der Waals surface area (Å²) < 4.78 is 26.6. The second kappa shape index (κ2) is 10.8. The number of esters is 1. The number of carbonyl (C=O) groups excluding carboxylic acids is 2. The number of ether oxygens (including phenoxy) is 2. The summed E-state index contributed by atoms with van der Waals surface area (Å²) in [6, 6.07) is 5.45. The molecule has 10 heteroatoms. The number of carbonyl (C=O) groups is 2. The van der Waals surface area contributed by atoms with Crippen molar-refractivity contribution in [2.45, 2.75) is 110 Å². The standard InChI is InChI=1S/C31H44BN3O6/c1-9-13-35-18-23(33-34-35)24(36)17-21(32-40-26-16-20-15-25(30(20,5)6)31(26,7)41-32)14-19-11-10-12-22(27(19)38-8)28(37)39-29(2,3)4/h10-12,18,20-21,25-26H,9,13-17H2,1-8H3/t20-,21+,25-,26+,31-/m0/s1. The zero-order valence-electron chi connectivity index (χ0n) is 25.7. The molecule has 4 aliphatic rings. The Kier molecular flexibility index (Phi) is 7.87. The van der Waals surface area contributed by atoms with Gasteiger partial charge >= 0.3 is 13.1 Å². The van der Waals surface area contributed by atoms with Crippen LogP contribution < -0.4 is 4.74 Å². The summed E-state index contributed by atoms with van der Waals surface area (Å²) >= 11 is 0. The van der Waals surface area contributed by atoms with Crippen molar-refractivity contribution in [1.82, 2.24) is 15.0 Å². The number of benzene rings is 1. The van der Waals surface area contributed by atoms with Gasteiger partial charge in [0, 0.05) is 18.8 Å². The third kappa shape index (κ3) is 5.57. The van der Waals surface area contributed by atoms with E-state index in [0.717, 1.165) is 24.8 Å². The van der Waals surface area contributed by atoms with E-state index in [1.165, 1.54) is 0 Å². The number of hydrogen-bond acceptors (Lipinski definition) is 8. The maximum absolute atomic E-state index is 13.5. The molecule has 2 bridgehead atoms. The Hall–Kier alpha value is -2.72. The number of Topliss-reactive ketones (excluding diaryl/α,β-unsaturated/α-hetero) is 1. The molecule has 2 heterocycles. The lowest BCUT2D eigenvalue weighted by atomic mass is 9.43. The third-order valence-corrected chi connectivity index (χ3v) is 9.48. The van der Waals surface area contributed by atoms with Crippen LogP contribution in [0.25, 0.3) is 0 Å². The van der Waals surface area contributed by atoms with Crippen LogP contribution in [-0.2, 0) is 27.0 Å². The molecule has 6 rings (SSSR count). The summed E-state index contributed by atoms with van der Waals surface area (Å²) in [4.78, 5) is 26.6. The molecule has 1 aliphatic heterocycles. The number of ketones is 1. The van der Waals surface area contributed by atoms with Gasteiger partial charge in [0.05, 0.1) is 25.0 Å². The van der Waals surface area contributed by atoms with Gasteiger partial charge in [0.2, 0.25) is 0 Å². The number of nitrogens with zero attached hydrogens (tertiary/aromatic N) is 3. The molecule has 4 fully saturated rings. The van der Waals surface area contributed by atoms with E-state index in [1.54, 1.807) is 24.1 Å². The maximum atomic E-state index is 13.5. The number of hydrogen-bond donors (Lipinski definition) is 0. The van der Waals surface area contributed by atoms with E-state index in [1.807, 2.05) is 32.9 Å². The molecule has 222 valence electrons. The lowest BCUT2D eigenvalue weighted by Crippen LogP contribution is -2.65. The SMILES string of the molecule is CCCn1cc(C(=O)C[C@@H](Cc2cccc(C(=O)OC(C)(C)C)c2OC)B2O[C@@H]3C[C@@H]4C[C@@H](C4(C)C)[C@]3(C)O2)nn1. The van der Waals surface area contributed by atoms with E-state index < -0.39 is 24.3 Å². The minimum absolute atomic E-state index is 0.0118. The first kappa shape index (κ1) is 29.8. The highest BCUT2D eigenvalue weighted by Gasteiger charge is 2.68. The minimum Gasteiger partial charge on any atom is -0.496 e. The summed E-state index contributed by atoms with van der Waals surface area (Å²) in [5.41, 5.74) is 0.634. The van der Waals surface area contributed by atoms with E-state index in [2.05, 4.69) is 38.0 Å². The Balaban J connectivity index is 1.44. The van der Waals surface area contributed by atoms with Crippen molar-refractivity contribution in [3.8, 4) is 5.75 Å². The summed E-state index contributed by atoms with van der Waals surface area (Å²) in [6.45, 7) is 15.1. The molecule has 5 atom stereocenters. The molecule has 3 aliphatic carbocycles.